The lowest BCUT2D eigenvalue weighted by molar-refractivity contribution is -0.114. The second-order valence-corrected chi connectivity index (χ2v) is 6.19. The van der Waals surface area contributed by atoms with Gasteiger partial charge in [0.15, 0.2) is 0 Å². The number of benzene rings is 2. The van der Waals surface area contributed by atoms with E-state index in [-0.39, 0.29) is 23.3 Å². The molecule has 0 radical (unpaired) electrons. The van der Waals surface area contributed by atoms with Crippen molar-refractivity contribution in [3.8, 4) is 5.75 Å². The maximum Gasteiger partial charge on any atom is 0.234 e. The van der Waals surface area contributed by atoms with Gasteiger partial charge in [-0.3, -0.25) is 9.59 Å². The van der Waals surface area contributed by atoms with Gasteiger partial charge in [0.1, 0.15) is 5.75 Å². The van der Waals surface area contributed by atoms with Crippen molar-refractivity contribution in [2.45, 2.75) is 0 Å². The first-order valence-corrected chi connectivity index (χ1v) is 8.68. The normalized spacial score (nSPS) is 10.1. The Balaban J connectivity index is 1.71. The lowest BCUT2D eigenvalue weighted by atomic mass is 10.3. The highest BCUT2D eigenvalue weighted by atomic mass is 35.5. The quantitative estimate of drug-likeness (QED) is 0.786. The van der Waals surface area contributed by atoms with Crippen LogP contribution in [-0.2, 0) is 9.59 Å². The first kappa shape index (κ1) is 18.2. The van der Waals surface area contributed by atoms with Gasteiger partial charge in [-0.25, -0.2) is 0 Å². The van der Waals surface area contributed by atoms with Crippen molar-refractivity contribution in [1.29, 1.82) is 0 Å². The van der Waals surface area contributed by atoms with Crippen LogP contribution in [0.15, 0.2) is 48.5 Å². The van der Waals surface area contributed by atoms with Crippen LogP contribution < -0.4 is 15.4 Å². The minimum atomic E-state index is -0.203. The van der Waals surface area contributed by atoms with E-state index in [4.69, 9.17) is 16.3 Å². The van der Waals surface area contributed by atoms with Gasteiger partial charge in [-0.15, -0.1) is 11.8 Å². The number of thioether (sulfide) groups is 1. The van der Waals surface area contributed by atoms with E-state index in [1.54, 1.807) is 55.6 Å². The average molecular weight is 365 g/mol. The van der Waals surface area contributed by atoms with Gasteiger partial charge in [0.05, 0.1) is 29.3 Å². The number of rotatable bonds is 7. The van der Waals surface area contributed by atoms with Crippen LogP contribution in [0.4, 0.5) is 11.4 Å². The monoisotopic (exact) mass is 364 g/mol. The zero-order valence-corrected chi connectivity index (χ0v) is 14.6. The zero-order valence-electron chi connectivity index (χ0n) is 13.0. The smallest absolute Gasteiger partial charge is 0.234 e. The van der Waals surface area contributed by atoms with Gasteiger partial charge in [0.2, 0.25) is 11.8 Å². The van der Waals surface area contributed by atoms with Crippen molar-refractivity contribution in [2.24, 2.45) is 0 Å². The fraction of sp³-hybridized carbons (Fsp3) is 0.176. The molecule has 0 heterocycles. The fourth-order valence-corrected chi connectivity index (χ4v) is 2.66. The van der Waals surface area contributed by atoms with Gasteiger partial charge in [0, 0.05) is 5.69 Å². The van der Waals surface area contributed by atoms with E-state index in [9.17, 15) is 9.59 Å². The number of anilines is 2. The number of hydrogen-bond donors (Lipinski definition) is 2. The molecule has 0 aliphatic carbocycles. The average Bonchev–Trinajstić information content (AvgIpc) is 2.57. The van der Waals surface area contributed by atoms with Crippen LogP contribution in [0, 0.1) is 0 Å². The van der Waals surface area contributed by atoms with E-state index in [0.29, 0.717) is 16.4 Å². The second-order valence-electron chi connectivity index (χ2n) is 4.80. The van der Waals surface area contributed by atoms with Crippen molar-refractivity contribution in [3.63, 3.8) is 0 Å². The van der Waals surface area contributed by atoms with E-state index in [1.165, 1.54) is 11.8 Å². The van der Waals surface area contributed by atoms with Crippen molar-refractivity contribution >= 4 is 46.6 Å². The molecule has 0 aliphatic rings. The summed E-state index contributed by atoms with van der Waals surface area (Å²) in [6.07, 6.45) is 0. The Morgan fingerprint density at radius 2 is 1.62 bits per heavy atom. The minimum Gasteiger partial charge on any atom is -0.497 e. The topological polar surface area (TPSA) is 67.4 Å². The van der Waals surface area contributed by atoms with Crippen molar-refractivity contribution in [3.05, 3.63) is 53.6 Å². The number of ether oxygens (including phenoxy) is 1. The molecule has 0 spiro atoms. The predicted molar refractivity (Wildman–Crippen MR) is 99.0 cm³/mol. The van der Waals surface area contributed by atoms with Crippen LogP contribution in [0.25, 0.3) is 0 Å². The van der Waals surface area contributed by atoms with Gasteiger partial charge < -0.3 is 15.4 Å². The molecule has 0 fully saturated rings. The number of nitrogens with one attached hydrogen (secondary N) is 2. The van der Waals surface area contributed by atoms with E-state index in [2.05, 4.69) is 10.6 Å². The molecule has 0 saturated heterocycles. The Kier molecular flexibility index (Phi) is 6.96. The molecule has 0 unspecified atom stereocenters. The second kappa shape index (κ2) is 9.20. The summed E-state index contributed by atoms with van der Waals surface area (Å²) >= 11 is 7.20. The summed E-state index contributed by atoms with van der Waals surface area (Å²) in [4.78, 5) is 23.7. The summed E-state index contributed by atoms with van der Waals surface area (Å²) in [5, 5.41) is 5.95. The molecule has 126 valence electrons. The Bertz CT molecular complexity index is 707. The number of methoxy groups -OCH3 is 1. The number of carbonyl (C=O) groups excluding carboxylic acids is 2. The third-order valence-corrected chi connectivity index (χ3v) is 4.25. The number of halogens is 1. The third kappa shape index (κ3) is 5.79. The van der Waals surface area contributed by atoms with E-state index in [1.807, 2.05) is 0 Å². The van der Waals surface area contributed by atoms with Gasteiger partial charge in [0.25, 0.3) is 0 Å². The molecule has 0 aromatic heterocycles. The Morgan fingerprint density at radius 1 is 1.00 bits per heavy atom. The summed E-state index contributed by atoms with van der Waals surface area (Å²) < 4.78 is 5.05. The molecule has 0 saturated carbocycles. The van der Waals surface area contributed by atoms with E-state index in [0.717, 1.165) is 5.75 Å². The molecule has 0 bridgehead atoms. The fourth-order valence-electron chi connectivity index (χ4n) is 1.86. The van der Waals surface area contributed by atoms with E-state index >= 15 is 0 Å². The molecule has 7 heteroatoms. The number of hydrogen-bond acceptors (Lipinski definition) is 4. The third-order valence-electron chi connectivity index (χ3n) is 2.99. The maximum absolute atomic E-state index is 11.8. The summed E-state index contributed by atoms with van der Waals surface area (Å²) in [5.41, 5.74) is 1.24. The first-order chi connectivity index (χ1) is 11.6. The highest BCUT2D eigenvalue weighted by molar-refractivity contribution is 8.00. The van der Waals surface area contributed by atoms with E-state index < -0.39 is 0 Å². The molecule has 0 atom stereocenters. The van der Waals surface area contributed by atoms with Crippen LogP contribution >= 0.6 is 23.4 Å². The molecule has 2 rings (SSSR count). The molecule has 2 N–H and O–H groups in total. The van der Waals surface area contributed by atoms with Gasteiger partial charge in [-0.05, 0) is 36.4 Å². The summed E-state index contributed by atoms with van der Waals surface area (Å²) in [6, 6.07) is 14.0. The maximum atomic E-state index is 11.8. The molecular weight excluding hydrogens is 348 g/mol. The summed E-state index contributed by atoms with van der Waals surface area (Å²) in [7, 11) is 1.58. The Hall–Kier alpha value is -2.18. The van der Waals surface area contributed by atoms with Crippen molar-refractivity contribution in [1.82, 2.24) is 0 Å². The van der Waals surface area contributed by atoms with Gasteiger partial charge >= 0.3 is 0 Å². The Labute approximate surface area is 149 Å². The van der Waals surface area contributed by atoms with Gasteiger partial charge in [-0.1, -0.05) is 23.7 Å². The summed E-state index contributed by atoms with van der Waals surface area (Å²) in [5.74, 6) is 0.697. The van der Waals surface area contributed by atoms with Crippen LogP contribution in [0.2, 0.25) is 5.02 Å². The number of amides is 2. The molecule has 0 aliphatic heterocycles. The molecule has 2 aromatic rings. The Morgan fingerprint density at radius 3 is 2.25 bits per heavy atom. The molecule has 2 amide bonds. The SMILES string of the molecule is COc1ccc(NC(=O)CSCC(=O)Nc2ccccc2Cl)cc1. The predicted octanol–water partition coefficient (Wildman–Crippen LogP) is 3.66. The van der Waals surface area contributed by atoms with Gasteiger partial charge in [-0.2, -0.15) is 0 Å². The van der Waals surface area contributed by atoms with Crippen LogP contribution in [0.3, 0.4) is 0 Å². The zero-order chi connectivity index (χ0) is 17.4. The first-order valence-electron chi connectivity index (χ1n) is 7.14. The highest BCUT2D eigenvalue weighted by Crippen LogP contribution is 2.20. The lowest BCUT2D eigenvalue weighted by Gasteiger charge is -2.08. The highest BCUT2D eigenvalue weighted by Gasteiger charge is 2.08. The molecule has 5 nitrogen and oxygen atoms in total. The lowest BCUT2D eigenvalue weighted by Crippen LogP contribution is -2.18. The van der Waals surface area contributed by atoms with Crippen molar-refractivity contribution in [2.75, 3.05) is 29.2 Å². The summed E-state index contributed by atoms with van der Waals surface area (Å²) in [6.45, 7) is 0. The van der Waals surface area contributed by atoms with Crippen LogP contribution in [-0.4, -0.2) is 30.4 Å². The number of para-hydroxylation sites is 1. The minimum absolute atomic E-state index is 0.168. The molecule has 24 heavy (non-hydrogen) atoms. The standard InChI is InChI=1S/C17H17ClN2O3S/c1-23-13-8-6-12(7-9-13)19-16(21)10-24-11-17(22)20-15-5-3-2-4-14(15)18/h2-9H,10-11H2,1H3,(H,19,21)(H,20,22). The van der Waals surface area contributed by atoms with Crippen LogP contribution in [0.1, 0.15) is 0 Å². The van der Waals surface area contributed by atoms with Crippen LogP contribution in [0.5, 0.6) is 5.75 Å². The number of carbonyl (C=O) groups is 2. The molecule has 2 aromatic carbocycles. The largest absolute Gasteiger partial charge is 0.497 e. The van der Waals surface area contributed by atoms with Crippen molar-refractivity contribution < 1.29 is 14.3 Å². The molecular formula is C17H17ClN2O3S.